The Labute approximate surface area is 157 Å². The Morgan fingerprint density at radius 1 is 1.23 bits per heavy atom. The van der Waals surface area contributed by atoms with Crippen LogP contribution in [0.15, 0.2) is 12.4 Å². The monoisotopic (exact) mass is 361 g/mol. The van der Waals surface area contributed by atoms with E-state index in [-0.39, 0.29) is 11.2 Å². The molecule has 26 heavy (non-hydrogen) atoms. The highest BCUT2D eigenvalue weighted by Gasteiger charge is 2.52. The molecule has 0 bridgehead atoms. The smallest absolute Gasteiger partial charge is 0.399 e. The highest BCUT2D eigenvalue weighted by atomic mass is 16.7. The van der Waals surface area contributed by atoms with Crippen LogP contribution in [0.25, 0.3) is 0 Å². The lowest BCUT2D eigenvalue weighted by Gasteiger charge is -2.32. The molecule has 0 amide bonds. The van der Waals surface area contributed by atoms with Crippen molar-refractivity contribution < 1.29 is 9.31 Å². The van der Waals surface area contributed by atoms with Gasteiger partial charge in [0.25, 0.3) is 0 Å². The zero-order valence-electron chi connectivity index (χ0n) is 16.7. The molecule has 1 unspecified atom stereocenters. The molecular formula is C18H32BN5O2. The van der Waals surface area contributed by atoms with E-state index in [1.165, 1.54) is 6.42 Å². The molecule has 0 saturated carbocycles. The van der Waals surface area contributed by atoms with Crippen LogP contribution in [0.4, 0.5) is 5.95 Å². The molecule has 0 spiro atoms. The van der Waals surface area contributed by atoms with E-state index in [0.29, 0.717) is 5.92 Å². The number of likely N-dealkylation sites (tertiary alicyclic amines) is 1. The second kappa shape index (κ2) is 7.42. The average molecular weight is 361 g/mol. The van der Waals surface area contributed by atoms with Gasteiger partial charge in [-0.05, 0) is 46.6 Å². The number of aromatic nitrogens is 2. The molecule has 0 aliphatic carbocycles. The average Bonchev–Trinajstić information content (AvgIpc) is 3.09. The van der Waals surface area contributed by atoms with Crippen molar-refractivity contribution in [3.8, 4) is 0 Å². The first-order chi connectivity index (χ1) is 12.2. The summed E-state index contributed by atoms with van der Waals surface area (Å²) >= 11 is 0. The van der Waals surface area contributed by atoms with Crippen molar-refractivity contribution in [2.75, 3.05) is 44.7 Å². The number of nitrogens with two attached hydrogens (primary N) is 1. The summed E-state index contributed by atoms with van der Waals surface area (Å²) in [6.45, 7) is 13.1. The molecule has 144 valence electrons. The van der Waals surface area contributed by atoms with Gasteiger partial charge in [0.15, 0.2) is 0 Å². The Morgan fingerprint density at radius 3 is 2.42 bits per heavy atom. The molecule has 0 aromatic carbocycles. The molecular weight excluding hydrogens is 329 g/mol. The molecule has 2 saturated heterocycles. The molecule has 7 nitrogen and oxygen atoms in total. The minimum absolute atomic E-state index is 0.356. The van der Waals surface area contributed by atoms with Crippen LogP contribution in [0.1, 0.15) is 34.1 Å². The lowest BCUT2D eigenvalue weighted by atomic mass is 9.81. The standard InChI is InChI=1S/C18H32BN5O2/c1-17(2)18(3,4)26-19(25-17)15-10-21-16(22-11-15)23(5)12-14-6-8-24(13-14)9-7-20/h10-11,14H,6-9,12-13,20H2,1-5H3. The minimum atomic E-state index is -0.418. The third kappa shape index (κ3) is 4.03. The molecule has 2 aliphatic rings. The molecule has 2 aliphatic heterocycles. The summed E-state index contributed by atoms with van der Waals surface area (Å²) in [4.78, 5) is 13.6. The molecule has 0 radical (unpaired) electrons. The number of anilines is 1. The fraction of sp³-hybridized carbons (Fsp3) is 0.778. The molecule has 3 rings (SSSR count). The van der Waals surface area contributed by atoms with Crippen molar-refractivity contribution in [3.05, 3.63) is 12.4 Å². The summed E-state index contributed by atoms with van der Waals surface area (Å²) in [5, 5.41) is 0. The highest BCUT2D eigenvalue weighted by Crippen LogP contribution is 2.36. The third-order valence-electron chi connectivity index (χ3n) is 5.87. The maximum atomic E-state index is 6.06. The van der Waals surface area contributed by atoms with Crippen LogP contribution in [-0.2, 0) is 9.31 Å². The van der Waals surface area contributed by atoms with E-state index >= 15 is 0 Å². The van der Waals surface area contributed by atoms with Crippen LogP contribution in [0.5, 0.6) is 0 Å². The normalized spacial score (nSPS) is 25.0. The quantitative estimate of drug-likeness (QED) is 0.739. The number of rotatable bonds is 6. The van der Waals surface area contributed by atoms with E-state index in [2.05, 4.69) is 26.8 Å². The Balaban J connectivity index is 1.58. The lowest BCUT2D eigenvalue weighted by molar-refractivity contribution is 0.00578. The van der Waals surface area contributed by atoms with Gasteiger partial charge in [-0.15, -0.1) is 0 Å². The first-order valence-corrected chi connectivity index (χ1v) is 9.53. The summed E-state index contributed by atoms with van der Waals surface area (Å²) in [6.07, 6.45) is 4.84. The number of nitrogens with zero attached hydrogens (tertiary/aromatic N) is 4. The SMILES string of the molecule is CN(CC1CCN(CCN)C1)c1ncc(B2OC(C)(C)C(C)(C)O2)cn1. The van der Waals surface area contributed by atoms with Gasteiger partial charge in [-0.1, -0.05) is 0 Å². The number of hydrogen-bond donors (Lipinski definition) is 1. The first-order valence-electron chi connectivity index (χ1n) is 9.53. The van der Waals surface area contributed by atoms with Crippen LogP contribution >= 0.6 is 0 Å². The van der Waals surface area contributed by atoms with Crippen molar-refractivity contribution in [2.45, 2.75) is 45.3 Å². The largest absolute Gasteiger partial charge is 0.498 e. The van der Waals surface area contributed by atoms with Gasteiger partial charge in [-0.3, -0.25) is 0 Å². The van der Waals surface area contributed by atoms with Gasteiger partial charge in [-0.2, -0.15) is 0 Å². The summed E-state index contributed by atoms with van der Waals surface area (Å²) < 4.78 is 12.1. The van der Waals surface area contributed by atoms with E-state index < -0.39 is 7.12 Å². The Kier molecular flexibility index (Phi) is 5.58. The van der Waals surface area contributed by atoms with Crippen LogP contribution in [-0.4, -0.2) is 73.0 Å². The van der Waals surface area contributed by atoms with Crippen molar-refractivity contribution in [1.29, 1.82) is 0 Å². The van der Waals surface area contributed by atoms with E-state index in [9.17, 15) is 0 Å². The molecule has 1 aromatic heterocycles. The minimum Gasteiger partial charge on any atom is -0.399 e. The third-order valence-corrected chi connectivity index (χ3v) is 5.87. The van der Waals surface area contributed by atoms with Gasteiger partial charge in [0, 0.05) is 51.1 Å². The van der Waals surface area contributed by atoms with Gasteiger partial charge < -0.3 is 24.8 Å². The lowest BCUT2D eigenvalue weighted by Crippen LogP contribution is -2.41. The van der Waals surface area contributed by atoms with E-state index in [1.807, 2.05) is 40.1 Å². The van der Waals surface area contributed by atoms with Crippen molar-refractivity contribution >= 4 is 18.5 Å². The molecule has 3 heterocycles. The van der Waals surface area contributed by atoms with Crippen LogP contribution < -0.4 is 16.1 Å². The van der Waals surface area contributed by atoms with E-state index in [1.54, 1.807) is 0 Å². The van der Waals surface area contributed by atoms with E-state index in [0.717, 1.165) is 44.1 Å². The molecule has 1 aromatic rings. The summed E-state index contributed by atoms with van der Waals surface area (Å²) in [5.74, 6) is 1.38. The second-order valence-corrected chi connectivity index (χ2v) is 8.53. The fourth-order valence-corrected chi connectivity index (χ4v) is 3.55. The summed E-state index contributed by atoms with van der Waals surface area (Å²) in [7, 11) is 1.63. The molecule has 2 N–H and O–H groups in total. The number of hydrogen-bond acceptors (Lipinski definition) is 7. The van der Waals surface area contributed by atoms with Gasteiger partial charge in [0.2, 0.25) is 5.95 Å². The highest BCUT2D eigenvalue weighted by molar-refractivity contribution is 6.61. The predicted molar refractivity (Wildman–Crippen MR) is 105 cm³/mol. The summed E-state index contributed by atoms with van der Waals surface area (Å²) in [6, 6.07) is 0. The van der Waals surface area contributed by atoms with E-state index in [4.69, 9.17) is 15.0 Å². The zero-order valence-corrected chi connectivity index (χ0v) is 16.7. The van der Waals surface area contributed by atoms with Crippen molar-refractivity contribution in [3.63, 3.8) is 0 Å². The molecule has 1 atom stereocenters. The fourth-order valence-electron chi connectivity index (χ4n) is 3.55. The maximum Gasteiger partial charge on any atom is 0.498 e. The van der Waals surface area contributed by atoms with Gasteiger partial charge in [0.05, 0.1) is 11.2 Å². The van der Waals surface area contributed by atoms with Gasteiger partial charge in [0.1, 0.15) is 0 Å². The van der Waals surface area contributed by atoms with Crippen molar-refractivity contribution in [2.24, 2.45) is 11.7 Å². The Bertz CT molecular complexity index is 594. The van der Waals surface area contributed by atoms with Gasteiger partial charge in [-0.25, -0.2) is 9.97 Å². The Morgan fingerprint density at radius 2 is 1.85 bits per heavy atom. The first kappa shape index (κ1) is 19.5. The van der Waals surface area contributed by atoms with Crippen LogP contribution in [0, 0.1) is 5.92 Å². The zero-order chi connectivity index (χ0) is 18.9. The molecule has 2 fully saturated rings. The predicted octanol–water partition coefficient (Wildman–Crippen LogP) is 0.493. The van der Waals surface area contributed by atoms with Crippen LogP contribution in [0.3, 0.4) is 0 Å². The van der Waals surface area contributed by atoms with Crippen LogP contribution in [0.2, 0.25) is 0 Å². The topological polar surface area (TPSA) is 76.7 Å². The van der Waals surface area contributed by atoms with Crippen molar-refractivity contribution in [1.82, 2.24) is 14.9 Å². The summed E-state index contributed by atoms with van der Waals surface area (Å²) in [5.41, 5.74) is 5.80. The maximum absolute atomic E-state index is 6.06. The van der Waals surface area contributed by atoms with Gasteiger partial charge >= 0.3 is 7.12 Å². The molecule has 8 heteroatoms. The Hall–Kier alpha value is -1.22. The second-order valence-electron chi connectivity index (χ2n) is 8.53.